The molecule has 0 unspecified atom stereocenters. The highest BCUT2D eigenvalue weighted by molar-refractivity contribution is 6.07. The summed E-state index contributed by atoms with van der Waals surface area (Å²) in [7, 11) is 0. The predicted molar refractivity (Wildman–Crippen MR) is 85.0 cm³/mol. The minimum absolute atomic E-state index is 0.0960. The minimum Gasteiger partial charge on any atom is -0.320 e. The lowest BCUT2D eigenvalue weighted by molar-refractivity contribution is -0.117. The Labute approximate surface area is 129 Å². The number of nitrogens with one attached hydrogen (secondary N) is 1. The van der Waals surface area contributed by atoms with Crippen molar-refractivity contribution in [1.29, 1.82) is 0 Å². The summed E-state index contributed by atoms with van der Waals surface area (Å²) >= 11 is 0. The highest BCUT2D eigenvalue weighted by Gasteiger charge is 2.24. The summed E-state index contributed by atoms with van der Waals surface area (Å²) in [5, 5.41) is 2.87. The highest BCUT2D eigenvalue weighted by Crippen LogP contribution is 2.29. The maximum absolute atomic E-state index is 12.3. The summed E-state index contributed by atoms with van der Waals surface area (Å²) < 4.78 is 0. The van der Waals surface area contributed by atoms with Crippen LogP contribution >= 0.6 is 0 Å². The Morgan fingerprint density at radius 1 is 1.23 bits per heavy atom. The quantitative estimate of drug-likeness (QED) is 0.947. The van der Waals surface area contributed by atoms with E-state index in [4.69, 9.17) is 0 Å². The Bertz CT molecular complexity index is 710. The second-order valence-electron chi connectivity index (χ2n) is 5.31. The van der Waals surface area contributed by atoms with Gasteiger partial charge < -0.3 is 10.2 Å². The number of pyridine rings is 1. The summed E-state index contributed by atoms with van der Waals surface area (Å²) in [5.41, 5.74) is 2.74. The van der Waals surface area contributed by atoms with Crippen molar-refractivity contribution < 1.29 is 9.59 Å². The molecule has 1 aromatic heterocycles. The van der Waals surface area contributed by atoms with Crippen LogP contribution in [-0.4, -0.2) is 23.3 Å². The predicted octanol–water partition coefficient (Wildman–Crippen LogP) is 2.77. The zero-order valence-corrected chi connectivity index (χ0v) is 12.4. The number of aromatic nitrogens is 1. The number of aryl methyl sites for hydroxylation is 1. The van der Waals surface area contributed by atoms with E-state index in [9.17, 15) is 9.59 Å². The molecule has 2 heterocycles. The number of para-hydroxylation sites is 2. The number of hydrogen-bond acceptors (Lipinski definition) is 3. The van der Waals surface area contributed by atoms with Crippen molar-refractivity contribution in [3.8, 4) is 0 Å². The van der Waals surface area contributed by atoms with Gasteiger partial charge in [-0.3, -0.25) is 14.6 Å². The first kappa shape index (κ1) is 14.3. The molecular weight excluding hydrogens is 278 g/mol. The van der Waals surface area contributed by atoms with E-state index >= 15 is 0 Å². The third kappa shape index (κ3) is 2.83. The smallest absolute Gasteiger partial charge is 0.257 e. The summed E-state index contributed by atoms with van der Waals surface area (Å²) in [6.07, 6.45) is 2.96. The summed E-state index contributed by atoms with van der Waals surface area (Å²) in [6.45, 7) is 2.56. The first-order valence-electron chi connectivity index (χ1n) is 7.28. The van der Waals surface area contributed by atoms with Crippen molar-refractivity contribution in [2.45, 2.75) is 19.8 Å². The molecule has 2 aromatic rings. The van der Waals surface area contributed by atoms with E-state index in [0.29, 0.717) is 24.2 Å². The monoisotopic (exact) mass is 295 g/mol. The highest BCUT2D eigenvalue weighted by atomic mass is 16.2. The van der Waals surface area contributed by atoms with Gasteiger partial charge in [0.2, 0.25) is 5.91 Å². The van der Waals surface area contributed by atoms with E-state index in [1.807, 2.05) is 25.1 Å². The molecule has 1 saturated heterocycles. The molecule has 1 fully saturated rings. The summed E-state index contributed by atoms with van der Waals surface area (Å²) in [5.74, 6) is -0.134. The molecule has 1 N–H and O–H groups in total. The zero-order valence-electron chi connectivity index (χ0n) is 12.4. The largest absolute Gasteiger partial charge is 0.320 e. The molecule has 1 aromatic carbocycles. The molecule has 0 saturated carbocycles. The van der Waals surface area contributed by atoms with Crippen LogP contribution in [-0.2, 0) is 4.79 Å². The van der Waals surface area contributed by atoms with Crippen molar-refractivity contribution >= 4 is 23.2 Å². The van der Waals surface area contributed by atoms with Crippen molar-refractivity contribution in [1.82, 2.24) is 4.98 Å². The maximum atomic E-state index is 12.3. The molecule has 3 rings (SSSR count). The second kappa shape index (κ2) is 5.97. The number of hydrogen-bond donors (Lipinski definition) is 1. The van der Waals surface area contributed by atoms with Crippen LogP contribution in [0.4, 0.5) is 11.4 Å². The lowest BCUT2D eigenvalue weighted by atomic mass is 10.2. The number of nitrogens with zero attached hydrogens (tertiary/aromatic N) is 2. The standard InChI is InChI=1S/C17H17N3O2/c1-12-8-9-13(11-18-12)17(22)19-14-5-2-3-6-15(14)20-10-4-7-16(20)21/h2-3,5-6,8-9,11H,4,7,10H2,1H3,(H,19,22). The number of carbonyl (C=O) groups is 2. The topological polar surface area (TPSA) is 62.3 Å². The van der Waals surface area contributed by atoms with E-state index < -0.39 is 0 Å². The van der Waals surface area contributed by atoms with E-state index in [-0.39, 0.29) is 11.8 Å². The fourth-order valence-electron chi connectivity index (χ4n) is 2.51. The van der Waals surface area contributed by atoms with Gasteiger partial charge in [0.05, 0.1) is 16.9 Å². The summed E-state index contributed by atoms with van der Waals surface area (Å²) in [4.78, 5) is 30.1. The van der Waals surface area contributed by atoms with Crippen LogP contribution < -0.4 is 10.2 Å². The van der Waals surface area contributed by atoms with Crippen LogP contribution in [0.3, 0.4) is 0 Å². The minimum atomic E-state index is -0.230. The van der Waals surface area contributed by atoms with E-state index in [1.54, 1.807) is 29.3 Å². The summed E-state index contributed by atoms with van der Waals surface area (Å²) in [6, 6.07) is 10.9. The number of carbonyl (C=O) groups excluding carboxylic acids is 2. The van der Waals surface area contributed by atoms with Gasteiger partial charge >= 0.3 is 0 Å². The van der Waals surface area contributed by atoms with Gasteiger partial charge in [-0.05, 0) is 37.6 Å². The molecule has 0 bridgehead atoms. The first-order valence-corrected chi connectivity index (χ1v) is 7.28. The molecule has 0 radical (unpaired) electrons. The second-order valence-corrected chi connectivity index (χ2v) is 5.31. The molecule has 1 aliphatic heterocycles. The fraction of sp³-hybridized carbons (Fsp3) is 0.235. The molecule has 112 valence electrons. The van der Waals surface area contributed by atoms with Crippen LogP contribution in [0.5, 0.6) is 0 Å². The van der Waals surface area contributed by atoms with Crippen LogP contribution in [0.15, 0.2) is 42.6 Å². The molecule has 5 nitrogen and oxygen atoms in total. The number of amides is 2. The van der Waals surface area contributed by atoms with E-state index in [0.717, 1.165) is 17.8 Å². The Balaban J connectivity index is 1.84. The van der Waals surface area contributed by atoms with Gasteiger partial charge in [-0.1, -0.05) is 12.1 Å². The van der Waals surface area contributed by atoms with Crippen molar-refractivity contribution in [3.63, 3.8) is 0 Å². The molecule has 22 heavy (non-hydrogen) atoms. The van der Waals surface area contributed by atoms with E-state index in [2.05, 4.69) is 10.3 Å². The van der Waals surface area contributed by atoms with E-state index in [1.165, 1.54) is 0 Å². The van der Waals surface area contributed by atoms with Gasteiger partial charge in [0.15, 0.2) is 0 Å². The van der Waals surface area contributed by atoms with Crippen LogP contribution in [0.1, 0.15) is 28.9 Å². The first-order chi connectivity index (χ1) is 10.6. The third-order valence-corrected chi connectivity index (χ3v) is 3.69. The SMILES string of the molecule is Cc1ccc(C(=O)Nc2ccccc2N2CCCC2=O)cn1. The molecule has 0 spiro atoms. The fourth-order valence-corrected chi connectivity index (χ4v) is 2.51. The van der Waals surface area contributed by atoms with Gasteiger partial charge in [-0.25, -0.2) is 0 Å². The maximum Gasteiger partial charge on any atom is 0.257 e. The number of anilines is 2. The lowest BCUT2D eigenvalue weighted by Gasteiger charge is -2.19. The normalized spacial score (nSPS) is 14.2. The lowest BCUT2D eigenvalue weighted by Crippen LogP contribution is -2.25. The van der Waals surface area contributed by atoms with Gasteiger partial charge in [-0.15, -0.1) is 0 Å². The van der Waals surface area contributed by atoms with Gasteiger partial charge in [0.1, 0.15) is 0 Å². The Kier molecular flexibility index (Phi) is 3.87. The average molecular weight is 295 g/mol. The Morgan fingerprint density at radius 3 is 2.73 bits per heavy atom. The average Bonchev–Trinajstić information content (AvgIpc) is 2.94. The number of rotatable bonds is 3. The van der Waals surface area contributed by atoms with Crippen molar-refractivity contribution in [2.75, 3.05) is 16.8 Å². The Hall–Kier alpha value is -2.69. The van der Waals surface area contributed by atoms with Gasteiger partial charge in [0.25, 0.3) is 5.91 Å². The molecule has 2 amide bonds. The molecule has 1 aliphatic rings. The van der Waals surface area contributed by atoms with Crippen LogP contribution in [0.25, 0.3) is 0 Å². The number of benzene rings is 1. The molecule has 0 atom stereocenters. The molecule has 0 aliphatic carbocycles. The van der Waals surface area contributed by atoms with Gasteiger partial charge in [0, 0.05) is 24.9 Å². The molecular formula is C17H17N3O2. The van der Waals surface area contributed by atoms with Crippen molar-refractivity contribution in [3.05, 3.63) is 53.9 Å². The third-order valence-electron chi connectivity index (χ3n) is 3.69. The molecule has 5 heteroatoms. The van der Waals surface area contributed by atoms with Crippen LogP contribution in [0.2, 0.25) is 0 Å². The van der Waals surface area contributed by atoms with Crippen molar-refractivity contribution in [2.24, 2.45) is 0 Å². The van der Waals surface area contributed by atoms with Gasteiger partial charge in [-0.2, -0.15) is 0 Å². The zero-order chi connectivity index (χ0) is 15.5. The van der Waals surface area contributed by atoms with Crippen LogP contribution in [0, 0.1) is 6.92 Å². The Morgan fingerprint density at radius 2 is 2.05 bits per heavy atom.